The average molecular weight is 417 g/mol. The second-order valence-corrected chi connectivity index (χ2v) is 5.40. The van der Waals surface area contributed by atoms with Gasteiger partial charge in [-0.2, -0.15) is 0 Å². The van der Waals surface area contributed by atoms with Gasteiger partial charge in [0.2, 0.25) is 10.8 Å². The fraction of sp³-hybridized carbons (Fsp3) is 0. The van der Waals surface area contributed by atoms with Crippen LogP contribution >= 0.6 is 46.4 Å². The van der Waals surface area contributed by atoms with E-state index in [2.05, 4.69) is 9.95 Å². The summed E-state index contributed by atoms with van der Waals surface area (Å²) in [6.07, 6.45) is 0. The van der Waals surface area contributed by atoms with Crippen LogP contribution < -0.4 is 24.8 Å². The van der Waals surface area contributed by atoms with E-state index in [1.807, 2.05) is 0 Å². The van der Waals surface area contributed by atoms with Gasteiger partial charge in [0, 0.05) is 11.1 Å². The average Bonchev–Trinajstić information content (AvgIpc) is 2.43. The number of hydrogen-bond donors (Lipinski definition) is 0. The minimum Gasteiger partial charge on any atom is -1.00 e. The monoisotopic (exact) mass is 414 g/mol. The molecule has 0 aliphatic rings. The van der Waals surface area contributed by atoms with Gasteiger partial charge < -0.3 is 24.8 Å². The Hall–Kier alpha value is -0.980. The Labute approximate surface area is 158 Å². The second-order valence-electron chi connectivity index (χ2n) is 3.77. The molecule has 0 amide bonds. The molecule has 0 aromatic heterocycles. The van der Waals surface area contributed by atoms with Crippen molar-refractivity contribution in [1.29, 1.82) is 10.8 Å². The van der Waals surface area contributed by atoms with E-state index in [9.17, 15) is 0 Å². The lowest BCUT2D eigenvalue weighted by Gasteiger charge is -2.06. The summed E-state index contributed by atoms with van der Waals surface area (Å²) in [5, 5.41) is 18.5. The molecule has 0 heterocycles. The number of rotatable bonds is 1. The van der Waals surface area contributed by atoms with Crippen molar-refractivity contribution in [2.24, 2.45) is 0 Å². The summed E-state index contributed by atoms with van der Waals surface area (Å²) in [5.74, 6) is 0. The van der Waals surface area contributed by atoms with Gasteiger partial charge in [-0.1, -0.05) is 46.4 Å². The molecule has 0 fully saturated rings. The fourth-order valence-corrected chi connectivity index (χ4v) is 2.56. The van der Waals surface area contributed by atoms with E-state index < -0.39 is 0 Å². The van der Waals surface area contributed by atoms with Gasteiger partial charge in [-0.25, -0.2) is 0 Å². The van der Waals surface area contributed by atoms with Crippen molar-refractivity contribution in [2.75, 3.05) is 0 Å². The molecule has 0 radical (unpaired) electrons. The van der Waals surface area contributed by atoms with Gasteiger partial charge in [-0.15, -0.1) is 0 Å². The first-order chi connectivity index (χ1) is 9.47. The van der Waals surface area contributed by atoms with Crippen LogP contribution in [0.3, 0.4) is 0 Å². The molecule has 2 rings (SSSR count). The first kappa shape index (κ1) is 21.0. The van der Waals surface area contributed by atoms with Crippen LogP contribution in [0.2, 0.25) is 20.1 Å². The van der Waals surface area contributed by atoms with E-state index in [-0.39, 0.29) is 56.3 Å². The van der Waals surface area contributed by atoms with Crippen LogP contribution in [0.25, 0.3) is 21.1 Å². The number of benzene rings is 2. The zero-order valence-electron chi connectivity index (χ0n) is 10.4. The third-order valence-electron chi connectivity index (χ3n) is 2.58. The molecule has 0 aliphatic heterocycles. The van der Waals surface area contributed by atoms with Gasteiger partial charge in [-0.05, 0) is 12.1 Å². The maximum Gasteiger partial charge on any atom is 0.404 e. The third-order valence-corrected chi connectivity index (χ3v) is 3.81. The molecule has 0 unspecified atom stereocenters. The van der Waals surface area contributed by atoms with Crippen molar-refractivity contribution in [3.05, 3.63) is 54.3 Å². The zero-order chi connectivity index (χ0) is 14.9. The number of diazo groups is 2. The van der Waals surface area contributed by atoms with E-state index in [1.165, 1.54) is 24.3 Å². The molecule has 0 bridgehead atoms. The highest BCUT2D eigenvalue weighted by Crippen LogP contribution is 2.42. The van der Waals surface area contributed by atoms with Crippen molar-refractivity contribution < 1.29 is 24.8 Å². The second kappa shape index (κ2) is 8.60. The summed E-state index contributed by atoms with van der Waals surface area (Å²) in [6.45, 7) is 0. The Kier molecular flexibility index (Phi) is 8.22. The van der Waals surface area contributed by atoms with Crippen LogP contribution in [-0.2, 0) is 0 Å². The molecule has 2 aromatic carbocycles. The van der Waals surface area contributed by atoms with E-state index in [1.54, 1.807) is 0 Å². The lowest BCUT2D eigenvalue weighted by Crippen LogP contribution is -3.00. The SMILES string of the molecule is N#[N+]c1cc(Cl)c(-c2cc(Cl)c([N+]#N)cc2Cl)cc1Cl.[Cl-].[Cl-]. The molecule has 0 aliphatic carbocycles. The minimum atomic E-state index is 0. The summed E-state index contributed by atoms with van der Waals surface area (Å²) in [6, 6.07) is 5.81. The standard InChI is InChI=1S/C12H4Cl4N4.2ClH/c13-7-3-11(19-17)9(15)1-5(7)6-2-10(16)12(20-18)4-8(6)14;;/h1-4H;2*1H/q+2;;/p-2. The Bertz CT molecular complexity index is 726. The van der Waals surface area contributed by atoms with Crippen LogP contribution in [0.1, 0.15) is 0 Å². The first-order valence-corrected chi connectivity index (χ1v) is 6.67. The molecular weight excluding hydrogens is 413 g/mol. The molecule has 22 heavy (non-hydrogen) atoms. The smallest absolute Gasteiger partial charge is 0.404 e. The maximum atomic E-state index is 8.77. The number of nitrogens with zero attached hydrogens (tertiary/aromatic N) is 4. The highest BCUT2D eigenvalue weighted by molar-refractivity contribution is 6.40. The third kappa shape index (κ3) is 4.06. The Balaban J connectivity index is 0.00000220. The highest BCUT2D eigenvalue weighted by atomic mass is 35.5. The van der Waals surface area contributed by atoms with Crippen molar-refractivity contribution >= 4 is 57.8 Å². The lowest BCUT2D eigenvalue weighted by molar-refractivity contribution is -0.00100. The van der Waals surface area contributed by atoms with Gasteiger partial charge >= 0.3 is 11.4 Å². The molecule has 10 heteroatoms. The van der Waals surface area contributed by atoms with Gasteiger partial charge in [0.1, 0.15) is 10.0 Å². The zero-order valence-corrected chi connectivity index (χ0v) is 14.9. The van der Waals surface area contributed by atoms with Gasteiger partial charge in [0.15, 0.2) is 9.95 Å². The molecule has 0 N–H and O–H groups in total. The molecule has 4 nitrogen and oxygen atoms in total. The van der Waals surface area contributed by atoms with E-state index in [0.29, 0.717) is 11.1 Å². The summed E-state index contributed by atoms with van der Waals surface area (Å²) >= 11 is 24.1. The molecule has 0 spiro atoms. The van der Waals surface area contributed by atoms with Crippen molar-refractivity contribution in [1.82, 2.24) is 0 Å². The van der Waals surface area contributed by atoms with Crippen molar-refractivity contribution in [3.63, 3.8) is 0 Å². The molecule has 2 aromatic rings. The van der Waals surface area contributed by atoms with Crippen LogP contribution in [0.4, 0.5) is 11.4 Å². The first-order valence-electron chi connectivity index (χ1n) is 5.16. The molecule has 0 saturated heterocycles. The van der Waals surface area contributed by atoms with Crippen molar-refractivity contribution in [3.8, 4) is 11.1 Å². The van der Waals surface area contributed by atoms with E-state index in [0.717, 1.165) is 0 Å². The summed E-state index contributed by atoms with van der Waals surface area (Å²) in [5.41, 5.74) is 1.31. The molecule has 114 valence electrons. The van der Waals surface area contributed by atoms with Crippen LogP contribution in [0, 0.1) is 10.8 Å². The van der Waals surface area contributed by atoms with E-state index in [4.69, 9.17) is 57.2 Å². The van der Waals surface area contributed by atoms with Crippen LogP contribution in [0.15, 0.2) is 24.3 Å². The normalized spacial score (nSPS) is 9.00. The predicted molar refractivity (Wildman–Crippen MR) is 81.4 cm³/mol. The number of hydrogen-bond acceptors (Lipinski definition) is 2. The Morgan fingerprint density at radius 1 is 0.591 bits per heavy atom. The van der Waals surface area contributed by atoms with E-state index >= 15 is 0 Å². The minimum absolute atomic E-state index is 0. The lowest BCUT2D eigenvalue weighted by atomic mass is 10.0. The highest BCUT2D eigenvalue weighted by Gasteiger charge is 2.22. The molecule has 0 atom stereocenters. The van der Waals surface area contributed by atoms with Crippen LogP contribution in [-0.4, -0.2) is 0 Å². The largest absolute Gasteiger partial charge is 1.00 e. The van der Waals surface area contributed by atoms with Gasteiger partial charge in [0.05, 0.1) is 22.2 Å². The summed E-state index contributed by atoms with van der Waals surface area (Å²) in [4.78, 5) is 6.02. The predicted octanol–water partition coefficient (Wildman–Crippen LogP) is 0.944. The maximum absolute atomic E-state index is 8.77. The van der Waals surface area contributed by atoms with Crippen molar-refractivity contribution in [2.45, 2.75) is 0 Å². The van der Waals surface area contributed by atoms with Gasteiger partial charge in [0.25, 0.3) is 0 Å². The Morgan fingerprint density at radius 2 is 0.909 bits per heavy atom. The fourth-order valence-electron chi connectivity index (χ4n) is 1.64. The summed E-state index contributed by atoms with van der Waals surface area (Å²) in [7, 11) is 0. The number of halogens is 6. The molecule has 0 saturated carbocycles. The Morgan fingerprint density at radius 3 is 1.18 bits per heavy atom. The topological polar surface area (TPSA) is 56.3 Å². The van der Waals surface area contributed by atoms with Gasteiger partial charge in [-0.3, -0.25) is 0 Å². The summed E-state index contributed by atoms with van der Waals surface area (Å²) < 4.78 is 0. The van der Waals surface area contributed by atoms with Crippen LogP contribution in [0.5, 0.6) is 0 Å². The molecular formula is C12H4Cl6N4. The quantitative estimate of drug-likeness (QED) is 0.650.